The number of hydrogen-bond donors (Lipinski definition) is 2. The highest BCUT2D eigenvalue weighted by Gasteiger charge is 2.13. The number of carboxylic acid groups (broad SMARTS) is 1. The van der Waals surface area contributed by atoms with Gasteiger partial charge in [0.05, 0.1) is 11.3 Å². The van der Waals surface area contributed by atoms with Crippen molar-refractivity contribution in [3.05, 3.63) is 90.5 Å². The average molecular weight is 389 g/mol. The lowest BCUT2D eigenvalue weighted by Crippen LogP contribution is -2.06. The van der Waals surface area contributed by atoms with E-state index in [1.165, 1.54) is 13.0 Å². The molecule has 0 aromatic heterocycles. The Bertz CT molecular complexity index is 1060. The van der Waals surface area contributed by atoms with E-state index in [1.54, 1.807) is 48.5 Å². The Labute approximate surface area is 168 Å². The van der Waals surface area contributed by atoms with E-state index in [0.29, 0.717) is 34.2 Å². The van der Waals surface area contributed by atoms with Gasteiger partial charge in [-0.15, -0.1) is 0 Å². The molecule has 6 nitrogen and oxygen atoms in total. The number of hydrogen-bond acceptors (Lipinski definition) is 5. The van der Waals surface area contributed by atoms with Gasteiger partial charge in [-0.1, -0.05) is 36.9 Å². The lowest BCUT2D eigenvalue weighted by Gasteiger charge is -2.15. The van der Waals surface area contributed by atoms with Gasteiger partial charge in [-0.25, -0.2) is 4.79 Å². The van der Waals surface area contributed by atoms with Crippen molar-refractivity contribution < 1.29 is 24.2 Å². The SMILES string of the molecule is C=C(Nc1cc(Oc2ccccc2)ccc1C(=O)O)c1cccc(OC(C)=O)c1. The molecular formula is C23H19NO5. The molecule has 0 aliphatic heterocycles. The molecule has 6 heteroatoms. The van der Waals surface area contributed by atoms with Crippen LogP contribution in [0.15, 0.2) is 79.4 Å². The molecule has 0 radical (unpaired) electrons. The van der Waals surface area contributed by atoms with E-state index >= 15 is 0 Å². The first-order valence-electron chi connectivity index (χ1n) is 8.77. The summed E-state index contributed by atoms with van der Waals surface area (Å²) in [6.45, 7) is 5.29. The van der Waals surface area contributed by atoms with Gasteiger partial charge in [0.2, 0.25) is 0 Å². The van der Waals surface area contributed by atoms with Crippen LogP contribution < -0.4 is 14.8 Å². The van der Waals surface area contributed by atoms with Crippen LogP contribution in [-0.2, 0) is 4.79 Å². The average Bonchev–Trinajstić information content (AvgIpc) is 2.68. The van der Waals surface area contributed by atoms with Gasteiger partial charge < -0.3 is 19.9 Å². The second-order valence-corrected chi connectivity index (χ2v) is 6.15. The summed E-state index contributed by atoms with van der Waals surface area (Å²) in [5, 5.41) is 12.5. The first-order chi connectivity index (χ1) is 13.9. The highest BCUT2D eigenvalue weighted by Crippen LogP contribution is 2.29. The molecule has 29 heavy (non-hydrogen) atoms. The predicted molar refractivity (Wildman–Crippen MR) is 110 cm³/mol. The maximum absolute atomic E-state index is 11.6. The lowest BCUT2D eigenvalue weighted by molar-refractivity contribution is -0.131. The molecule has 3 aromatic carbocycles. The van der Waals surface area contributed by atoms with Gasteiger partial charge in [-0.3, -0.25) is 4.79 Å². The number of carbonyl (C=O) groups is 2. The van der Waals surface area contributed by atoms with Crippen molar-refractivity contribution in [1.29, 1.82) is 0 Å². The largest absolute Gasteiger partial charge is 0.478 e. The Balaban J connectivity index is 1.86. The Morgan fingerprint density at radius 1 is 0.897 bits per heavy atom. The maximum Gasteiger partial charge on any atom is 0.337 e. The zero-order valence-electron chi connectivity index (χ0n) is 15.7. The summed E-state index contributed by atoms with van der Waals surface area (Å²) in [6, 6.07) is 20.6. The summed E-state index contributed by atoms with van der Waals surface area (Å²) in [5.41, 5.74) is 1.49. The van der Waals surface area contributed by atoms with Crippen LogP contribution in [0.2, 0.25) is 0 Å². The minimum atomic E-state index is -1.08. The highest BCUT2D eigenvalue weighted by molar-refractivity contribution is 5.96. The minimum Gasteiger partial charge on any atom is -0.478 e. The van der Waals surface area contributed by atoms with Crippen LogP contribution >= 0.6 is 0 Å². The molecule has 0 amide bonds. The Morgan fingerprint density at radius 2 is 1.62 bits per heavy atom. The van der Waals surface area contributed by atoms with Gasteiger partial charge in [0.25, 0.3) is 0 Å². The van der Waals surface area contributed by atoms with Crippen LogP contribution in [0.5, 0.6) is 17.2 Å². The van der Waals surface area contributed by atoms with Crippen molar-refractivity contribution in [1.82, 2.24) is 0 Å². The molecule has 0 saturated heterocycles. The summed E-state index contributed by atoms with van der Waals surface area (Å²) < 4.78 is 10.9. The van der Waals surface area contributed by atoms with E-state index in [2.05, 4.69) is 11.9 Å². The van der Waals surface area contributed by atoms with Crippen molar-refractivity contribution in [3.8, 4) is 17.2 Å². The highest BCUT2D eigenvalue weighted by atomic mass is 16.5. The number of benzene rings is 3. The third-order valence-corrected chi connectivity index (χ3v) is 3.93. The first-order valence-corrected chi connectivity index (χ1v) is 8.77. The molecule has 0 spiro atoms. The van der Waals surface area contributed by atoms with Gasteiger partial charge in [-0.05, 0) is 36.4 Å². The molecule has 0 unspecified atom stereocenters. The maximum atomic E-state index is 11.6. The smallest absolute Gasteiger partial charge is 0.337 e. The second-order valence-electron chi connectivity index (χ2n) is 6.15. The van der Waals surface area contributed by atoms with Gasteiger partial charge in [0.1, 0.15) is 17.2 Å². The molecule has 146 valence electrons. The first kappa shape index (κ1) is 19.7. The Morgan fingerprint density at radius 3 is 2.31 bits per heavy atom. The van der Waals surface area contributed by atoms with Gasteiger partial charge in [-0.2, -0.15) is 0 Å². The Hall–Kier alpha value is -4.06. The normalized spacial score (nSPS) is 10.1. The molecule has 0 heterocycles. The fraction of sp³-hybridized carbons (Fsp3) is 0.0435. The fourth-order valence-electron chi connectivity index (χ4n) is 2.65. The molecule has 0 fully saturated rings. The van der Waals surface area contributed by atoms with Gasteiger partial charge >= 0.3 is 11.9 Å². The third-order valence-electron chi connectivity index (χ3n) is 3.93. The van der Waals surface area contributed by atoms with Crippen LogP contribution in [0.3, 0.4) is 0 Å². The van der Waals surface area contributed by atoms with E-state index in [-0.39, 0.29) is 5.56 Å². The van der Waals surface area contributed by atoms with Crippen LogP contribution in [0.25, 0.3) is 5.70 Å². The van der Waals surface area contributed by atoms with Crippen LogP contribution in [-0.4, -0.2) is 17.0 Å². The van der Waals surface area contributed by atoms with E-state index in [1.807, 2.05) is 18.2 Å². The number of rotatable bonds is 7. The summed E-state index contributed by atoms with van der Waals surface area (Å²) in [5.74, 6) is -0.0305. The summed E-state index contributed by atoms with van der Waals surface area (Å²) in [7, 11) is 0. The van der Waals surface area contributed by atoms with Crippen molar-refractivity contribution in [3.63, 3.8) is 0 Å². The number of nitrogens with one attached hydrogen (secondary N) is 1. The fourth-order valence-corrected chi connectivity index (χ4v) is 2.65. The summed E-state index contributed by atoms with van der Waals surface area (Å²) in [6.07, 6.45) is 0. The van der Waals surface area contributed by atoms with Crippen LogP contribution in [0.1, 0.15) is 22.8 Å². The predicted octanol–water partition coefficient (Wildman–Crippen LogP) is 5.19. The third kappa shape index (κ3) is 5.23. The number of carboxylic acids is 1. The van der Waals surface area contributed by atoms with Crippen LogP contribution in [0.4, 0.5) is 5.69 Å². The number of aromatic carboxylic acids is 1. The number of esters is 1. The molecule has 0 atom stereocenters. The molecule has 3 rings (SSSR count). The van der Waals surface area contributed by atoms with Gasteiger partial charge in [0, 0.05) is 24.3 Å². The van der Waals surface area contributed by atoms with Crippen molar-refractivity contribution >= 4 is 23.3 Å². The molecule has 2 N–H and O–H groups in total. The molecule has 0 saturated carbocycles. The molecule has 3 aromatic rings. The number of ether oxygens (including phenoxy) is 2. The van der Waals surface area contributed by atoms with Crippen molar-refractivity contribution in [2.75, 3.05) is 5.32 Å². The summed E-state index contributed by atoms with van der Waals surface area (Å²) in [4.78, 5) is 22.8. The molecular weight excluding hydrogens is 370 g/mol. The minimum absolute atomic E-state index is 0.0719. The number of anilines is 1. The standard InChI is InChI=1S/C23H19NO5/c1-15(17-7-6-10-19(13-17)28-16(2)25)24-22-14-20(11-12-21(22)23(26)27)29-18-8-4-3-5-9-18/h3-14,24H,1H2,2H3,(H,26,27). The van der Waals surface area contributed by atoms with Crippen LogP contribution in [0, 0.1) is 0 Å². The Kier molecular flexibility index (Phi) is 5.94. The molecule has 0 aliphatic carbocycles. The zero-order chi connectivity index (χ0) is 20.8. The lowest BCUT2D eigenvalue weighted by atomic mass is 10.1. The van der Waals surface area contributed by atoms with E-state index in [0.717, 1.165) is 0 Å². The monoisotopic (exact) mass is 389 g/mol. The quantitative estimate of drug-likeness (QED) is 0.428. The van der Waals surface area contributed by atoms with Gasteiger partial charge in [0.15, 0.2) is 0 Å². The zero-order valence-corrected chi connectivity index (χ0v) is 15.7. The van der Waals surface area contributed by atoms with Crippen molar-refractivity contribution in [2.45, 2.75) is 6.92 Å². The number of para-hydroxylation sites is 1. The second kappa shape index (κ2) is 8.75. The topological polar surface area (TPSA) is 84.9 Å². The van der Waals surface area contributed by atoms with E-state index in [9.17, 15) is 14.7 Å². The van der Waals surface area contributed by atoms with E-state index < -0.39 is 11.9 Å². The molecule has 0 aliphatic rings. The van der Waals surface area contributed by atoms with E-state index in [4.69, 9.17) is 9.47 Å². The van der Waals surface area contributed by atoms with Crippen molar-refractivity contribution in [2.24, 2.45) is 0 Å². The molecule has 0 bridgehead atoms. The summed E-state index contributed by atoms with van der Waals surface area (Å²) >= 11 is 0. The number of carbonyl (C=O) groups excluding carboxylic acids is 1.